The first-order valence-corrected chi connectivity index (χ1v) is 9.24. The van der Waals surface area contributed by atoms with Gasteiger partial charge in [0.1, 0.15) is 6.04 Å². The Morgan fingerprint density at radius 2 is 1.88 bits per heavy atom. The third-order valence-corrected chi connectivity index (χ3v) is 5.69. The van der Waals surface area contributed by atoms with Gasteiger partial charge in [-0.05, 0) is 24.0 Å². The van der Waals surface area contributed by atoms with Gasteiger partial charge in [0.25, 0.3) is 0 Å². The molecule has 5 heteroatoms. The van der Waals surface area contributed by atoms with E-state index in [0.29, 0.717) is 19.5 Å². The Morgan fingerprint density at radius 3 is 2.56 bits per heavy atom. The summed E-state index contributed by atoms with van der Waals surface area (Å²) in [6, 6.07) is 7.56. The van der Waals surface area contributed by atoms with Crippen LogP contribution < -0.4 is 0 Å². The largest absolute Gasteiger partial charge is 0.393 e. The third-order valence-electron chi connectivity index (χ3n) is 5.69. The Morgan fingerprint density at radius 1 is 1.20 bits per heavy atom. The summed E-state index contributed by atoms with van der Waals surface area (Å²) in [6.45, 7) is 2.57. The minimum absolute atomic E-state index is 0.0255. The van der Waals surface area contributed by atoms with Crippen molar-refractivity contribution in [3.8, 4) is 0 Å². The van der Waals surface area contributed by atoms with E-state index in [4.69, 9.17) is 0 Å². The van der Waals surface area contributed by atoms with E-state index < -0.39 is 6.04 Å². The third kappa shape index (κ3) is 3.87. The number of carbonyl (C=O) groups is 2. The van der Waals surface area contributed by atoms with Crippen molar-refractivity contribution in [2.24, 2.45) is 5.92 Å². The predicted molar refractivity (Wildman–Crippen MR) is 95.8 cm³/mol. The molecule has 1 heterocycles. The van der Waals surface area contributed by atoms with Crippen molar-refractivity contribution in [2.75, 3.05) is 13.6 Å². The highest BCUT2D eigenvalue weighted by atomic mass is 16.3. The smallest absolute Gasteiger partial charge is 0.245 e. The Kier molecular flexibility index (Phi) is 5.42. The van der Waals surface area contributed by atoms with Crippen LogP contribution in [-0.2, 0) is 22.6 Å². The van der Waals surface area contributed by atoms with Crippen LogP contribution in [0.1, 0.15) is 43.7 Å². The summed E-state index contributed by atoms with van der Waals surface area (Å²) in [5, 5.41) is 10.2. The highest BCUT2D eigenvalue weighted by molar-refractivity contribution is 5.87. The van der Waals surface area contributed by atoms with Gasteiger partial charge in [-0.1, -0.05) is 37.1 Å². The maximum Gasteiger partial charge on any atom is 0.245 e. The second-order valence-electron chi connectivity index (χ2n) is 7.47. The molecule has 3 rings (SSSR count). The average Bonchev–Trinajstić information content (AvgIpc) is 2.61. The SMILES string of the molecule is CC(=O)N1Cc2ccccc2CC1C(=O)N(C)CC1CCCCC1O. The van der Waals surface area contributed by atoms with E-state index in [1.54, 1.807) is 16.8 Å². The van der Waals surface area contributed by atoms with E-state index in [0.717, 1.165) is 36.8 Å². The van der Waals surface area contributed by atoms with Crippen LogP contribution in [-0.4, -0.2) is 52.5 Å². The molecule has 25 heavy (non-hydrogen) atoms. The zero-order valence-electron chi connectivity index (χ0n) is 15.1. The van der Waals surface area contributed by atoms with Gasteiger partial charge >= 0.3 is 0 Å². The number of hydrogen-bond acceptors (Lipinski definition) is 3. The van der Waals surface area contributed by atoms with Crippen molar-refractivity contribution in [3.63, 3.8) is 0 Å². The van der Waals surface area contributed by atoms with E-state index in [-0.39, 0.29) is 23.8 Å². The van der Waals surface area contributed by atoms with E-state index in [1.165, 1.54) is 6.92 Å². The van der Waals surface area contributed by atoms with E-state index in [1.807, 2.05) is 24.3 Å². The van der Waals surface area contributed by atoms with E-state index in [2.05, 4.69) is 0 Å². The fourth-order valence-electron chi connectivity index (χ4n) is 4.17. The van der Waals surface area contributed by atoms with Crippen molar-refractivity contribution in [3.05, 3.63) is 35.4 Å². The van der Waals surface area contributed by atoms with Crippen LogP contribution >= 0.6 is 0 Å². The molecule has 1 aromatic rings. The number of likely N-dealkylation sites (N-methyl/N-ethyl adjacent to an activating group) is 1. The van der Waals surface area contributed by atoms with Gasteiger partial charge in [-0.25, -0.2) is 0 Å². The number of nitrogens with zero attached hydrogens (tertiary/aromatic N) is 2. The van der Waals surface area contributed by atoms with Gasteiger partial charge in [0.2, 0.25) is 11.8 Å². The topological polar surface area (TPSA) is 60.9 Å². The summed E-state index contributed by atoms with van der Waals surface area (Å²) in [4.78, 5) is 28.6. The summed E-state index contributed by atoms with van der Waals surface area (Å²) in [6.07, 6.45) is 4.20. The first-order valence-electron chi connectivity index (χ1n) is 9.24. The molecule has 1 N–H and O–H groups in total. The summed E-state index contributed by atoms with van der Waals surface area (Å²) >= 11 is 0. The number of aliphatic hydroxyl groups excluding tert-OH is 1. The molecule has 1 fully saturated rings. The number of fused-ring (bicyclic) bond motifs is 1. The monoisotopic (exact) mass is 344 g/mol. The van der Waals surface area contributed by atoms with Crippen molar-refractivity contribution < 1.29 is 14.7 Å². The van der Waals surface area contributed by atoms with Gasteiger partial charge in [-0.2, -0.15) is 0 Å². The molecule has 2 amide bonds. The molecule has 0 spiro atoms. The number of carbonyl (C=O) groups excluding carboxylic acids is 2. The normalized spacial score (nSPS) is 26.0. The quantitative estimate of drug-likeness (QED) is 0.912. The van der Waals surface area contributed by atoms with Crippen LogP contribution in [0.2, 0.25) is 0 Å². The fraction of sp³-hybridized carbons (Fsp3) is 0.600. The van der Waals surface area contributed by atoms with Crippen molar-refractivity contribution in [1.29, 1.82) is 0 Å². The molecule has 3 unspecified atom stereocenters. The molecule has 1 saturated carbocycles. The van der Waals surface area contributed by atoms with Gasteiger partial charge in [0.15, 0.2) is 0 Å². The fourth-order valence-corrected chi connectivity index (χ4v) is 4.17. The maximum atomic E-state index is 13.1. The number of rotatable bonds is 3. The van der Waals surface area contributed by atoms with Gasteiger partial charge in [0.05, 0.1) is 6.10 Å². The zero-order chi connectivity index (χ0) is 18.0. The Bertz CT molecular complexity index is 646. The molecule has 136 valence electrons. The molecule has 5 nitrogen and oxygen atoms in total. The Labute approximate surface area is 149 Å². The minimum Gasteiger partial charge on any atom is -0.393 e. The molecule has 0 saturated heterocycles. The van der Waals surface area contributed by atoms with Crippen LogP contribution in [0.25, 0.3) is 0 Å². The van der Waals surface area contributed by atoms with Gasteiger partial charge < -0.3 is 14.9 Å². The Balaban J connectivity index is 1.73. The lowest BCUT2D eigenvalue weighted by atomic mass is 9.86. The minimum atomic E-state index is -0.446. The second-order valence-corrected chi connectivity index (χ2v) is 7.47. The molecule has 3 atom stereocenters. The first kappa shape index (κ1) is 17.9. The van der Waals surface area contributed by atoms with Gasteiger partial charge in [-0.3, -0.25) is 9.59 Å². The highest BCUT2D eigenvalue weighted by Crippen LogP contribution is 2.27. The van der Waals surface area contributed by atoms with Crippen molar-refractivity contribution >= 4 is 11.8 Å². The average molecular weight is 344 g/mol. The summed E-state index contributed by atoms with van der Waals surface area (Å²) < 4.78 is 0. The zero-order valence-corrected chi connectivity index (χ0v) is 15.1. The molecular formula is C20H28N2O3. The van der Waals surface area contributed by atoms with Crippen LogP contribution in [0, 0.1) is 5.92 Å². The van der Waals surface area contributed by atoms with Crippen LogP contribution in [0.3, 0.4) is 0 Å². The molecule has 0 aromatic heterocycles. The summed E-state index contributed by atoms with van der Waals surface area (Å²) in [5.41, 5.74) is 2.26. The molecule has 0 radical (unpaired) electrons. The summed E-state index contributed by atoms with van der Waals surface area (Å²) in [7, 11) is 1.79. The summed E-state index contributed by atoms with van der Waals surface area (Å²) in [5.74, 6) is 0.0470. The number of hydrogen-bond donors (Lipinski definition) is 1. The van der Waals surface area contributed by atoms with Gasteiger partial charge in [0, 0.05) is 39.4 Å². The standard InChI is InChI=1S/C20H28N2O3/c1-14(23)22-13-16-8-4-3-7-15(16)11-18(22)20(25)21(2)12-17-9-5-6-10-19(17)24/h3-4,7-8,17-19,24H,5-6,9-13H2,1-2H3. The van der Waals surface area contributed by atoms with Crippen LogP contribution in [0.15, 0.2) is 24.3 Å². The molecule has 2 aliphatic rings. The van der Waals surface area contributed by atoms with E-state index >= 15 is 0 Å². The maximum absolute atomic E-state index is 13.1. The number of amides is 2. The van der Waals surface area contributed by atoms with Crippen LogP contribution in [0.4, 0.5) is 0 Å². The Hall–Kier alpha value is -1.88. The molecule has 0 bridgehead atoms. The first-order chi connectivity index (χ1) is 12.0. The predicted octanol–water partition coefficient (Wildman–Crippen LogP) is 1.97. The molecule has 1 aliphatic heterocycles. The second kappa shape index (κ2) is 7.56. The highest BCUT2D eigenvalue weighted by Gasteiger charge is 2.35. The van der Waals surface area contributed by atoms with Crippen molar-refractivity contribution in [2.45, 2.75) is 57.7 Å². The molecular weight excluding hydrogens is 316 g/mol. The lowest BCUT2D eigenvalue weighted by Gasteiger charge is -2.38. The lowest BCUT2D eigenvalue weighted by molar-refractivity contribution is -0.146. The van der Waals surface area contributed by atoms with Crippen LogP contribution in [0.5, 0.6) is 0 Å². The lowest BCUT2D eigenvalue weighted by Crippen LogP contribution is -2.53. The molecule has 1 aliphatic carbocycles. The van der Waals surface area contributed by atoms with Gasteiger partial charge in [-0.15, -0.1) is 0 Å². The molecule has 1 aromatic carbocycles. The van der Waals surface area contributed by atoms with E-state index in [9.17, 15) is 14.7 Å². The number of benzene rings is 1. The van der Waals surface area contributed by atoms with Crippen molar-refractivity contribution in [1.82, 2.24) is 9.80 Å². The number of aliphatic hydroxyl groups is 1.